The van der Waals surface area contributed by atoms with Crippen LogP contribution in [0.5, 0.6) is 0 Å². The van der Waals surface area contributed by atoms with Crippen molar-refractivity contribution < 1.29 is 23.1 Å². The molecule has 0 bridgehead atoms. The van der Waals surface area contributed by atoms with Gasteiger partial charge in [0, 0.05) is 25.4 Å². The van der Waals surface area contributed by atoms with E-state index >= 15 is 0 Å². The molecule has 0 aromatic rings. The van der Waals surface area contributed by atoms with Crippen molar-refractivity contribution in [2.45, 2.75) is 33.2 Å². The predicted molar refractivity (Wildman–Crippen MR) is 78.8 cm³/mol. The number of likely N-dealkylation sites (tertiary alicyclic amines) is 1. The number of carboxylic acids is 1. The fraction of sp³-hybridized carbons (Fsp3) is 0.846. The van der Waals surface area contributed by atoms with Crippen LogP contribution in [0.3, 0.4) is 0 Å². The van der Waals surface area contributed by atoms with Crippen molar-refractivity contribution in [2.75, 3.05) is 25.1 Å². The average Bonchev–Trinajstić information content (AvgIpc) is 2.71. The standard InChI is InChI=1S/C13H24N2O5S/c1-9(2)13(11(16)17)5-6-15(8-13)12(18)14-10(3)7-21(4,19)20/h9-10H,5-8H2,1-4H3,(H,14,18)(H,16,17). The summed E-state index contributed by atoms with van der Waals surface area (Å²) in [6.07, 6.45) is 1.52. The molecule has 122 valence electrons. The van der Waals surface area contributed by atoms with Crippen LogP contribution >= 0.6 is 0 Å². The zero-order valence-electron chi connectivity index (χ0n) is 12.9. The van der Waals surface area contributed by atoms with Crippen molar-refractivity contribution >= 4 is 21.8 Å². The lowest BCUT2D eigenvalue weighted by Crippen LogP contribution is -2.47. The number of hydrogen-bond acceptors (Lipinski definition) is 4. The van der Waals surface area contributed by atoms with Crippen LogP contribution in [0.2, 0.25) is 0 Å². The van der Waals surface area contributed by atoms with Gasteiger partial charge in [-0.25, -0.2) is 13.2 Å². The van der Waals surface area contributed by atoms with Crippen LogP contribution in [0.15, 0.2) is 0 Å². The van der Waals surface area contributed by atoms with Crippen molar-refractivity contribution in [3.63, 3.8) is 0 Å². The molecule has 21 heavy (non-hydrogen) atoms. The number of carbonyl (C=O) groups excluding carboxylic acids is 1. The second kappa shape index (κ2) is 6.21. The molecule has 1 fully saturated rings. The fourth-order valence-electron chi connectivity index (χ4n) is 2.70. The number of rotatable bonds is 5. The van der Waals surface area contributed by atoms with Crippen molar-refractivity contribution in [3.8, 4) is 0 Å². The molecule has 1 rings (SSSR count). The fourth-order valence-corrected chi connectivity index (χ4v) is 3.69. The third-order valence-electron chi connectivity index (χ3n) is 4.04. The third kappa shape index (κ3) is 4.33. The first-order valence-electron chi connectivity index (χ1n) is 6.94. The summed E-state index contributed by atoms with van der Waals surface area (Å²) in [4.78, 5) is 25.1. The Kier molecular flexibility index (Phi) is 5.25. The minimum atomic E-state index is -3.17. The number of carbonyl (C=O) groups is 2. The van der Waals surface area contributed by atoms with E-state index in [-0.39, 0.29) is 18.2 Å². The van der Waals surface area contributed by atoms with E-state index in [0.29, 0.717) is 13.0 Å². The molecule has 1 aliphatic rings. The molecule has 0 spiro atoms. The number of urea groups is 1. The van der Waals surface area contributed by atoms with E-state index < -0.39 is 33.3 Å². The first kappa shape index (κ1) is 17.7. The van der Waals surface area contributed by atoms with Crippen LogP contribution in [-0.2, 0) is 14.6 Å². The SMILES string of the molecule is CC(CS(C)(=O)=O)NC(=O)N1CCC(C(=O)O)(C(C)C)C1. The summed E-state index contributed by atoms with van der Waals surface area (Å²) in [6.45, 7) is 5.80. The first-order valence-corrected chi connectivity index (χ1v) is 9.00. The van der Waals surface area contributed by atoms with Gasteiger partial charge in [-0.2, -0.15) is 0 Å². The van der Waals surface area contributed by atoms with Crippen molar-refractivity contribution in [2.24, 2.45) is 11.3 Å². The van der Waals surface area contributed by atoms with E-state index in [9.17, 15) is 23.1 Å². The molecule has 2 atom stereocenters. The zero-order chi connectivity index (χ0) is 16.4. The van der Waals surface area contributed by atoms with E-state index in [1.165, 1.54) is 4.90 Å². The highest BCUT2D eigenvalue weighted by Gasteiger charge is 2.48. The summed E-state index contributed by atoms with van der Waals surface area (Å²) >= 11 is 0. The summed E-state index contributed by atoms with van der Waals surface area (Å²) in [7, 11) is -3.17. The van der Waals surface area contributed by atoms with E-state index in [0.717, 1.165) is 6.26 Å². The lowest BCUT2D eigenvalue weighted by Gasteiger charge is -2.29. The Morgan fingerprint density at radius 3 is 2.29 bits per heavy atom. The minimum Gasteiger partial charge on any atom is -0.481 e. The van der Waals surface area contributed by atoms with Gasteiger partial charge in [-0.1, -0.05) is 13.8 Å². The van der Waals surface area contributed by atoms with Crippen LogP contribution in [-0.4, -0.2) is 61.6 Å². The normalized spacial score (nSPS) is 24.1. The quantitative estimate of drug-likeness (QED) is 0.770. The van der Waals surface area contributed by atoms with E-state index in [4.69, 9.17) is 0 Å². The van der Waals surface area contributed by atoms with Crippen LogP contribution in [0, 0.1) is 11.3 Å². The molecule has 2 unspecified atom stereocenters. The van der Waals surface area contributed by atoms with E-state index in [1.54, 1.807) is 6.92 Å². The second-order valence-electron chi connectivity index (χ2n) is 6.23. The Labute approximate surface area is 125 Å². The molecule has 2 amide bonds. The van der Waals surface area contributed by atoms with Crippen LogP contribution in [0.1, 0.15) is 27.2 Å². The summed E-state index contributed by atoms with van der Waals surface area (Å²) in [5.41, 5.74) is -0.919. The summed E-state index contributed by atoms with van der Waals surface area (Å²) in [5, 5.41) is 12.0. The maximum Gasteiger partial charge on any atom is 0.317 e. The van der Waals surface area contributed by atoms with Gasteiger partial charge in [-0.3, -0.25) is 4.79 Å². The van der Waals surface area contributed by atoms with Gasteiger partial charge in [-0.15, -0.1) is 0 Å². The predicted octanol–water partition coefficient (Wildman–Crippen LogP) is 0.562. The number of hydrogen-bond donors (Lipinski definition) is 2. The average molecular weight is 320 g/mol. The number of amides is 2. The molecule has 0 aromatic carbocycles. The lowest BCUT2D eigenvalue weighted by molar-refractivity contribution is -0.150. The van der Waals surface area contributed by atoms with Crippen molar-refractivity contribution in [1.29, 1.82) is 0 Å². The molecule has 0 radical (unpaired) electrons. The third-order valence-corrected chi connectivity index (χ3v) is 5.15. The molecule has 1 aliphatic heterocycles. The van der Waals surface area contributed by atoms with Crippen molar-refractivity contribution in [3.05, 3.63) is 0 Å². The summed E-state index contributed by atoms with van der Waals surface area (Å²) in [6, 6.07) is -0.915. The number of aliphatic carboxylic acids is 1. The number of nitrogens with one attached hydrogen (secondary N) is 1. The van der Waals surface area contributed by atoms with Gasteiger partial charge in [0.2, 0.25) is 0 Å². The Hall–Kier alpha value is -1.31. The molecule has 8 heteroatoms. The molecule has 0 saturated carbocycles. The van der Waals surface area contributed by atoms with Gasteiger partial charge in [0.05, 0.1) is 11.2 Å². The lowest BCUT2D eigenvalue weighted by atomic mass is 9.76. The monoisotopic (exact) mass is 320 g/mol. The summed E-state index contributed by atoms with van der Waals surface area (Å²) < 4.78 is 22.4. The smallest absolute Gasteiger partial charge is 0.317 e. The highest BCUT2D eigenvalue weighted by atomic mass is 32.2. The maximum atomic E-state index is 12.1. The minimum absolute atomic E-state index is 0.0822. The van der Waals surface area contributed by atoms with Crippen molar-refractivity contribution in [1.82, 2.24) is 10.2 Å². The highest BCUT2D eigenvalue weighted by molar-refractivity contribution is 7.90. The molecule has 1 saturated heterocycles. The highest BCUT2D eigenvalue weighted by Crippen LogP contribution is 2.38. The topological polar surface area (TPSA) is 104 Å². The van der Waals surface area contributed by atoms with Gasteiger partial charge in [0.15, 0.2) is 0 Å². The van der Waals surface area contributed by atoms with Gasteiger partial charge < -0.3 is 15.3 Å². The second-order valence-corrected chi connectivity index (χ2v) is 8.42. The molecule has 0 aliphatic carbocycles. The Morgan fingerprint density at radius 1 is 1.33 bits per heavy atom. The van der Waals surface area contributed by atoms with Gasteiger partial charge in [0.25, 0.3) is 0 Å². The molecule has 2 N–H and O–H groups in total. The molecule has 1 heterocycles. The molecule has 7 nitrogen and oxygen atoms in total. The first-order chi connectivity index (χ1) is 9.48. The molecular formula is C13H24N2O5S. The number of carboxylic acid groups (broad SMARTS) is 1. The van der Waals surface area contributed by atoms with Crippen LogP contribution in [0.25, 0.3) is 0 Å². The largest absolute Gasteiger partial charge is 0.481 e. The zero-order valence-corrected chi connectivity index (χ0v) is 13.7. The van der Waals surface area contributed by atoms with Crippen LogP contribution < -0.4 is 5.32 Å². The Bertz CT molecular complexity index is 517. The number of sulfone groups is 1. The Balaban J connectivity index is 2.68. The van der Waals surface area contributed by atoms with E-state index in [2.05, 4.69) is 5.32 Å². The maximum absolute atomic E-state index is 12.1. The summed E-state index contributed by atoms with van der Waals surface area (Å²) in [5.74, 6) is -1.11. The molecule has 0 aromatic heterocycles. The van der Waals surface area contributed by atoms with Crippen LogP contribution in [0.4, 0.5) is 4.79 Å². The number of nitrogens with zero attached hydrogens (tertiary/aromatic N) is 1. The van der Waals surface area contributed by atoms with E-state index in [1.807, 2.05) is 13.8 Å². The Morgan fingerprint density at radius 2 is 1.90 bits per heavy atom. The van der Waals surface area contributed by atoms with Gasteiger partial charge in [0.1, 0.15) is 9.84 Å². The molecular weight excluding hydrogens is 296 g/mol. The van der Waals surface area contributed by atoms with Gasteiger partial charge in [-0.05, 0) is 19.3 Å². The van der Waals surface area contributed by atoms with Gasteiger partial charge >= 0.3 is 12.0 Å².